The van der Waals surface area contributed by atoms with Gasteiger partial charge >= 0.3 is 0 Å². The molecule has 3 rings (SSSR count). The highest BCUT2D eigenvalue weighted by atomic mass is 16.6. The van der Waals surface area contributed by atoms with E-state index in [0.29, 0.717) is 13.3 Å². The molecule has 2 unspecified atom stereocenters. The molecule has 3 fully saturated rings. The van der Waals surface area contributed by atoms with Gasteiger partial charge < -0.3 is 25.4 Å². The van der Waals surface area contributed by atoms with Gasteiger partial charge in [0.15, 0.2) is 0 Å². The van der Waals surface area contributed by atoms with Crippen LogP contribution in [-0.4, -0.2) is 82.8 Å². The number of amides is 1. The second-order valence-electron chi connectivity index (χ2n) is 4.95. The van der Waals surface area contributed by atoms with Crippen molar-refractivity contribution in [3.63, 3.8) is 0 Å². The summed E-state index contributed by atoms with van der Waals surface area (Å²) >= 11 is 0. The third-order valence-corrected chi connectivity index (χ3v) is 3.87. The number of carbonyl (C=O) groups excluding carboxylic acids is 1. The molecule has 0 bridgehead atoms. The second kappa shape index (κ2) is 4.94. The van der Waals surface area contributed by atoms with Gasteiger partial charge in [-0.1, -0.05) is 0 Å². The van der Waals surface area contributed by atoms with Crippen molar-refractivity contribution in [1.82, 2.24) is 20.9 Å². The fourth-order valence-corrected chi connectivity index (χ4v) is 2.83. The Morgan fingerprint density at radius 1 is 1.32 bits per heavy atom. The van der Waals surface area contributed by atoms with Gasteiger partial charge in [0, 0.05) is 0 Å². The van der Waals surface area contributed by atoms with Crippen molar-refractivity contribution < 1.29 is 24.9 Å². The van der Waals surface area contributed by atoms with E-state index in [-0.39, 0.29) is 18.7 Å². The van der Waals surface area contributed by atoms with E-state index in [9.17, 15) is 15.0 Å². The van der Waals surface area contributed by atoms with E-state index in [0.717, 1.165) is 0 Å². The fraction of sp³-hybridized carbons (Fsp3) is 0.900. The van der Waals surface area contributed by atoms with Crippen molar-refractivity contribution in [3.05, 3.63) is 0 Å². The highest BCUT2D eigenvalue weighted by molar-refractivity contribution is 5.83. The zero-order chi connectivity index (χ0) is 13.6. The number of fused-ring (bicyclic) bond motifs is 1. The molecule has 9 heteroatoms. The van der Waals surface area contributed by atoms with Gasteiger partial charge in [-0.3, -0.25) is 15.4 Å². The molecule has 108 valence electrons. The zero-order valence-electron chi connectivity index (χ0n) is 10.2. The predicted octanol–water partition coefficient (Wildman–Crippen LogP) is -4.34. The smallest absolute Gasteiger partial charge is 0.241 e. The highest BCUT2D eigenvalue weighted by Gasteiger charge is 2.51. The molecule has 0 radical (unpaired) electrons. The minimum absolute atomic E-state index is 0.113. The Balaban J connectivity index is 1.75. The first-order chi connectivity index (χ1) is 9.13. The van der Waals surface area contributed by atoms with Crippen molar-refractivity contribution in [3.8, 4) is 0 Å². The predicted molar refractivity (Wildman–Crippen MR) is 61.3 cm³/mol. The Labute approximate surface area is 109 Å². The van der Waals surface area contributed by atoms with Crippen molar-refractivity contribution >= 4 is 5.91 Å². The van der Waals surface area contributed by atoms with Gasteiger partial charge in [-0.05, 0) is 0 Å². The van der Waals surface area contributed by atoms with Gasteiger partial charge in [0.2, 0.25) is 5.91 Å². The molecule has 3 saturated heterocycles. The third kappa shape index (κ3) is 2.03. The number of ether oxygens (including phenoxy) is 1. The van der Waals surface area contributed by atoms with E-state index < -0.39 is 30.6 Å². The van der Waals surface area contributed by atoms with Crippen LogP contribution in [0, 0.1) is 0 Å². The Morgan fingerprint density at radius 3 is 2.79 bits per heavy atom. The number of nitrogens with one attached hydrogen (secondary N) is 3. The molecule has 19 heavy (non-hydrogen) atoms. The van der Waals surface area contributed by atoms with Gasteiger partial charge in [0.25, 0.3) is 0 Å². The first kappa shape index (κ1) is 13.2. The summed E-state index contributed by atoms with van der Waals surface area (Å²) < 4.78 is 5.47. The van der Waals surface area contributed by atoms with Crippen LogP contribution in [0.15, 0.2) is 0 Å². The summed E-state index contributed by atoms with van der Waals surface area (Å²) in [7, 11) is 0. The summed E-state index contributed by atoms with van der Waals surface area (Å²) in [5.41, 5.74) is 0. The Morgan fingerprint density at radius 2 is 2.11 bits per heavy atom. The van der Waals surface area contributed by atoms with Crippen molar-refractivity contribution in [2.75, 3.05) is 19.9 Å². The van der Waals surface area contributed by atoms with Crippen LogP contribution >= 0.6 is 0 Å². The van der Waals surface area contributed by atoms with Gasteiger partial charge in [0.05, 0.1) is 26.1 Å². The molecule has 0 spiro atoms. The molecule has 0 aromatic rings. The Bertz CT molecular complexity index is 370. The summed E-state index contributed by atoms with van der Waals surface area (Å²) in [6, 6.07) is -0.421. The lowest BCUT2D eigenvalue weighted by Gasteiger charge is -2.35. The Kier molecular flexibility index (Phi) is 3.43. The number of carbonyl (C=O) groups is 1. The molecule has 3 heterocycles. The molecule has 0 aliphatic carbocycles. The van der Waals surface area contributed by atoms with Gasteiger partial charge in [-0.2, -0.15) is 0 Å². The minimum Gasteiger partial charge on any atom is -0.394 e. The molecule has 6 N–H and O–H groups in total. The topological polar surface area (TPSA) is 126 Å². The lowest BCUT2D eigenvalue weighted by Crippen LogP contribution is -2.64. The van der Waals surface area contributed by atoms with Crippen molar-refractivity contribution in [2.45, 2.75) is 36.7 Å². The maximum absolute atomic E-state index is 11.7. The lowest BCUT2D eigenvalue weighted by molar-refractivity contribution is -0.130. The van der Waals surface area contributed by atoms with Gasteiger partial charge in [-0.15, -0.1) is 0 Å². The van der Waals surface area contributed by atoms with Crippen molar-refractivity contribution in [1.29, 1.82) is 0 Å². The number of hydrogen-bond donors (Lipinski definition) is 6. The molecular formula is C10H18N4O5. The number of aliphatic hydroxyl groups is 3. The largest absolute Gasteiger partial charge is 0.394 e. The van der Waals surface area contributed by atoms with Crippen LogP contribution in [0.2, 0.25) is 0 Å². The molecule has 6 atom stereocenters. The average Bonchev–Trinajstić information content (AvgIpc) is 2.94. The normalized spacial score (nSPS) is 47.2. The van der Waals surface area contributed by atoms with Crippen LogP contribution in [0.1, 0.15) is 0 Å². The van der Waals surface area contributed by atoms with Crippen LogP contribution in [0.3, 0.4) is 0 Å². The molecule has 0 saturated carbocycles. The number of aliphatic hydroxyl groups excluding tert-OH is 3. The van der Waals surface area contributed by atoms with E-state index in [1.165, 1.54) is 0 Å². The van der Waals surface area contributed by atoms with Crippen LogP contribution in [0.5, 0.6) is 0 Å². The van der Waals surface area contributed by atoms with E-state index in [1.807, 2.05) is 0 Å². The first-order valence-electron chi connectivity index (χ1n) is 6.26. The number of nitrogens with zero attached hydrogens (tertiary/aromatic N) is 1. The van der Waals surface area contributed by atoms with Gasteiger partial charge in [0.1, 0.15) is 30.6 Å². The molecule has 9 nitrogen and oxygen atoms in total. The molecule has 0 aromatic carbocycles. The monoisotopic (exact) mass is 274 g/mol. The van der Waals surface area contributed by atoms with E-state index >= 15 is 0 Å². The summed E-state index contributed by atoms with van der Waals surface area (Å²) in [6.07, 6.45) is -4.13. The molecule has 1 amide bonds. The van der Waals surface area contributed by atoms with Crippen LogP contribution in [-0.2, 0) is 9.53 Å². The van der Waals surface area contributed by atoms with E-state index in [2.05, 4.69) is 16.0 Å². The Hall–Kier alpha value is -0.810. The van der Waals surface area contributed by atoms with Gasteiger partial charge in [-0.25, -0.2) is 4.90 Å². The summed E-state index contributed by atoms with van der Waals surface area (Å²) in [6.45, 7) is 0.327. The SMILES string of the molecule is O=C1NCNC2C1NCN2[C@@H]1O[C@H](CO)[C@@H](O)[C@H]1O. The highest BCUT2D eigenvalue weighted by Crippen LogP contribution is 2.27. The van der Waals surface area contributed by atoms with Crippen LogP contribution in [0.25, 0.3) is 0 Å². The molecule has 3 aliphatic heterocycles. The van der Waals surface area contributed by atoms with E-state index in [4.69, 9.17) is 9.84 Å². The number of rotatable bonds is 2. The standard InChI is InChI=1S/C10H18N4O5/c15-1-4-6(16)7(17)10(19-4)14-3-13-5-8(14)11-2-12-9(5)18/h4-8,10-11,13,15-17H,1-3H2,(H,12,18)/t4-,5?,6-,7-,8?,10-/m1/s1. The molecular weight excluding hydrogens is 256 g/mol. The first-order valence-corrected chi connectivity index (χ1v) is 6.26. The third-order valence-electron chi connectivity index (χ3n) is 3.87. The van der Waals surface area contributed by atoms with E-state index in [1.54, 1.807) is 4.90 Å². The van der Waals surface area contributed by atoms with Crippen LogP contribution in [0.4, 0.5) is 0 Å². The molecule has 0 aromatic heterocycles. The summed E-state index contributed by atoms with van der Waals surface area (Å²) in [5.74, 6) is -0.113. The minimum atomic E-state index is -1.13. The summed E-state index contributed by atoms with van der Waals surface area (Å²) in [4.78, 5) is 13.4. The van der Waals surface area contributed by atoms with Crippen LogP contribution < -0.4 is 16.0 Å². The fourth-order valence-electron chi connectivity index (χ4n) is 2.83. The average molecular weight is 274 g/mol. The number of hydrogen-bond acceptors (Lipinski definition) is 8. The molecule has 3 aliphatic rings. The second-order valence-corrected chi connectivity index (χ2v) is 4.95. The summed E-state index contributed by atoms with van der Waals surface area (Å²) in [5, 5.41) is 37.6. The quantitative estimate of drug-likeness (QED) is 0.298. The zero-order valence-corrected chi connectivity index (χ0v) is 10.2. The lowest BCUT2D eigenvalue weighted by atomic mass is 10.1. The van der Waals surface area contributed by atoms with Crippen molar-refractivity contribution in [2.24, 2.45) is 0 Å². The maximum atomic E-state index is 11.7. The maximum Gasteiger partial charge on any atom is 0.241 e.